The second kappa shape index (κ2) is 13.2. The fraction of sp³-hybridized carbons (Fsp3) is 0.240. The maximum Gasteiger partial charge on any atom is 0.164 e. The van der Waals surface area contributed by atoms with E-state index >= 15 is 0 Å². The molecule has 170 valence electrons. The highest BCUT2D eigenvalue weighted by molar-refractivity contribution is 14.0. The van der Waals surface area contributed by atoms with E-state index in [0.717, 1.165) is 41.2 Å². The predicted molar refractivity (Wildman–Crippen MR) is 144 cm³/mol. The Balaban J connectivity index is 0.00000363. The minimum Gasteiger partial charge on any atom is -0.497 e. The van der Waals surface area contributed by atoms with Gasteiger partial charge in [0.1, 0.15) is 17.2 Å². The first-order valence-electron chi connectivity index (χ1n) is 9.92. The zero-order chi connectivity index (χ0) is 22.1. The highest BCUT2D eigenvalue weighted by Crippen LogP contribution is 2.24. The zero-order valence-electron chi connectivity index (χ0n) is 18.8. The van der Waals surface area contributed by atoms with Crippen molar-refractivity contribution in [2.24, 2.45) is 4.99 Å². The smallest absolute Gasteiger partial charge is 0.164 e. The Kier molecular flexibility index (Phi) is 10.7. The Hall–Kier alpha value is -2.39. The van der Waals surface area contributed by atoms with Gasteiger partial charge in [0.25, 0.3) is 0 Å². The van der Waals surface area contributed by atoms with E-state index in [1.54, 1.807) is 33.1 Å². The molecule has 3 rings (SSSR count). The van der Waals surface area contributed by atoms with E-state index in [2.05, 4.69) is 29.2 Å². The van der Waals surface area contributed by atoms with Gasteiger partial charge in [-0.1, -0.05) is 42.1 Å². The molecule has 5 nitrogen and oxygen atoms in total. The maximum absolute atomic E-state index is 5.35. The Bertz CT molecular complexity index is 945. The van der Waals surface area contributed by atoms with Gasteiger partial charge in [-0.15, -0.1) is 24.0 Å². The van der Waals surface area contributed by atoms with Gasteiger partial charge in [-0.05, 0) is 53.8 Å². The summed E-state index contributed by atoms with van der Waals surface area (Å²) >= 11 is 1.63. The molecular weight excluding hydrogens is 535 g/mol. The Morgan fingerprint density at radius 1 is 0.750 bits per heavy atom. The monoisotopic (exact) mass is 564 g/mol. The number of thioether (sulfide) groups is 1. The van der Waals surface area contributed by atoms with Gasteiger partial charge in [-0.2, -0.15) is 0 Å². The van der Waals surface area contributed by atoms with Crippen LogP contribution >= 0.6 is 35.7 Å². The van der Waals surface area contributed by atoms with Crippen LogP contribution in [0.5, 0.6) is 17.2 Å². The van der Waals surface area contributed by atoms with Crippen LogP contribution in [0, 0.1) is 0 Å². The van der Waals surface area contributed by atoms with Crippen molar-refractivity contribution in [1.82, 2.24) is 4.90 Å². The molecule has 0 saturated heterocycles. The quantitative estimate of drug-likeness (QED) is 0.180. The summed E-state index contributed by atoms with van der Waals surface area (Å²) in [6.07, 6.45) is 2.05. The number of rotatable bonds is 8. The fourth-order valence-corrected chi connectivity index (χ4v) is 3.71. The Labute approximate surface area is 211 Å². The van der Waals surface area contributed by atoms with Gasteiger partial charge in [0.05, 0.1) is 27.0 Å². The average Bonchev–Trinajstić information content (AvgIpc) is 2.83. The molecule has 0 aliphatic heterocycles. The van der Waals surface area contributed by atoms with Crippen molar-refractivity contribution in [3.8, 4) is 17.2 Å². The number of hydrogen-bond donors (Lipinski definition) is 0. The highest BCUT2D eigenvalue weighted by Gasteiger charge is 2.13. The first kappa shape index (κ1) is 25.9. The van der Waals surface area contributed by atoms with Crippen LogP contribution < -0.4 is 14.2 Å². The standard InChI is InChI=1S/C25H28N2O3S.HI/c1-28-22-12-8-19(9-13-22)17-27(18-20-10-14-23(29-2)15-11-20)25(31-4)26-21-6-5-7-24(16-21)30-3;/h5-16H,17-18H2,1-4H3;1H. The normalized spacial score (nSPS) is 10.8. The van der Waals surface area contributed by atoms with Gasteiger partial charge in [-0.3, -0.25) is 0 Å². The van der Waals surface area contributed by atoms with Crippen LogP contribution in [0.4, 0.5) is 5.69 Å². The molecule has 0 amide bonds. The van der Waals surface area contributed by atoms with E-state index in [1.165, 1.54) is 11.1 Å². The Morgan fingerprint density at radius 3 is 1.69 bits per heavy atom. The van der Waals surface area contributed by atoms with Gasteiger partial charge in [0.2, 0.25) is 0 Å². The summed E-state index contributed by atoms with van der Waals surface area (Å²) in [6.45, 7) is 1.44. The van der Waals surface area contributed by atoms with Crippen molar-refractivity contribution in [3.63, 3.8) is 0 Å². The summed E-state index contributed by atoms with van der Waals surface area (Å²) in [7, 11) is 5.02. The van der Waals surface area contributed by atoms with E-state index < -0.39 is 0 Å². The van der Waals surface area contributed by atoms with Gasteiger partial charge in [0, 0.05) is 19.2 Å². The number of hydrogen-bond acceptors (Lipinski definition) is 5. The first-order valence-corrected chi connectivity index (χ1v) is 11.1. The molecule has 0 radical (unpaired) electrons. The molecule has 32 heavy (non-hydrogen) atoms. The summed E-state index contributed by atoms with van der Waals surface area (Å²) in [5.74, 6) is 2.49. The summed E-state index contributed by atoms with van der Waals surface area (Å²) in [5.41, 5.74) is 3.22. The van der Waals surface area contributed by atoms with Crippen LogP contribution in [0.3, 0.4) is 0 Å². The second-order valence-electron chi connectivity index (χ2n) is 6.85. The van der Waals surface area contributed by atoms with Crippen LogP contribution in [0.15, 0.2) is 77.8 Å². The van der Waals surface area contributed by atoms with Gasteiger partial charge < -0.3 is 19.1 Å². The number of amidine groups is 1. The van der Waals surface area contributed by atoms with Crippen LogP contribution in [-0.2, 0) is 13.1 Å². The predicted octanol–water partition coefficient (Wildman–Crippen LogP) is 6.38. The summed E-state index contributed by atoms with van der Waals surface area (Å²) in [5, 5.41) is 0.930. The topological polar surface area (TPSA) is 43.3 Å². The van der Waals surface area contributed by atoms with E-state index in [9.17, 15) is 0 Å². The molecule has 0 N–H and O–H groups in total. The molecule has 0 aliphatic carbocycles. The number of aliphatic imine (C=N–C) groups is 1. The van der Waals surface area contributed by atoms with Crippen LogP contribution in [0.25, 0.3) is 0 Å². The molecule has 7 heteroatoms. The molecule has 0 atom stereocenters. The van der Waals surface area contributed by atoms with E-state index in [4.69, 9.17) is 19.2 Å². The summed E-state index contributed by atoms with van der Waals surface area (Å²) < 4.78 is 15.9. The lowest BCUT2D eigenvalue weighted by molar-refractivity contribution is 0.405. The molecule has 0 spiro atoms. The van der Waals surface area contributed by atoms with Crippen molar-refractivity contribution < 1.29 is 14.2 Å². The molecule has 0 aliphatic rings. The third kappa shape index (κ3) is 7.34. The second-order valence-corrected chi connectivity index (χ2v) is 7.63. The lowest BCUT2D eigenvalue weighted by Crippen LogP contribution is -2.27. The molecule has 0 fully saturated rings. The van der Waals surface area contributed by atoms with Gasteiger partial charge >= 0.3 is 0 Å². The molecular formula is C25H29IN2O3S. The number of ether oxygens (including phenoxy) is 3. The number of nitrogens with zero attached hydrogens (tertiary/aromatic N) is 2. The van der Waals surface area contributed by atoms with Crippen molar-refractivity contribution in [2.45, 2.75) is 13.1 Å². The van der Waals surface area contributed by atoms with E-state index in [0.29, 0.717) is 0 Å². The summed E-state index contributed by atoms with van der Waals surface area (Å²) in [4.78, 5) is 7.19. The van der Waals surface area contributed by atoms with Crippen LogP contribution in [0.1, 0.15) is 11.1 Å². The highest BCUT2D eigenvalue weighted by atomic mass is 127. The lowest BCUT2D eigenvalue weighted by Gasteiger charge is -2.26. The molecule has 0 heterocycles. The van der Waals surface area contributed by atoms with Crippen molar-refractivity contribution in [1.29, 1.82) is 0 Å². The fourth-order valence-electron chi connectivity index (χ4n) is 3.13. The zero-order valence-corrected chi connectivity index (χ0v) is 21.9. The largest absolute Gasteiger partial charge is 0.497 e. The van der Waals surface area contributed by atoms with Crippen molar-refractivity contribution >= 4 is 46.6 Å². The van der Waals surface area contributed by atoms with Crippen LogP contribution in [-0.4, -0.2) is 37.7 Å². The molecule has 0 saturated carbocycles. The summed E-state index contributed by atoms with van der Waals surface area (Å²) in [6, 6.07) is 24.1. The van der Waals surface area contributed by atoms with E-state index in [1.807, 2.05) is 54.8 Å². The SMILES string of the molecule is COc1ccc(CN(Cc2ccc(OC)cc2)C(=Nc2cccc(OC)c2)SC)cc1.I. The number of halogens is 1. The lowest BCUT2D eigenvalue weighted by atomic mass is 10.1. The molecule has 3 aromatic carbocycles. The molecule has 3 aromatic rings. The van der Waals surface area contributed by atoms with E-state index in [-0.39, 0.29) is 24.0 Å². The molecule has 0 unspecified atom stereocenters. The number of methoxy groups -OCH3 is 3. The molecule has 0 aromatic heterocycles. The molecule has 0 bridgehead atoms. The minimum atomic E-state index is 0. The average molecular weight is 564 g/mol. The number of benzene rings is 3. The van der Waals surface area contributed by atoms with Crippen molar-refractivity contribution in [2.75, 3.05) is 27.6 Å². The maximum atomic E-state index is 5.35. The first-order chi connectivity index (χ1) is 15.1. The van der Waals surface area contributed by atoms with Crippen molar-refractivity contribution in [3.05, 3.63) is 83.9 Å². The third-order valence-corrected chi connectivity index (χ3v) is 5.51. The minimum absolute atomic E-state index is 0. The van der Waals surface area contributed by atoms with Gasteiger partial charge in [-0.25, -0.2) is 4.99 Å². The Morgan fingerprint density at radius 2 is 1.25 bits per heavy atom. The van der Waals surface area contributed by atoms with Gasteiger partial charge in [0.15, 0.2) is 5.17 Å². The third-order valence-electron chi connectivity index (χ3n) is 4.80. The van der Waals surface area contributed by atoms with Crippen LogP contribution in [0.2, 0.25) is 0 Å².